The molecule has 0 aromatic heterocycles. The molecule has 0 aliphatic rings. The monoisotopic (exact) mass is 319 g/mol. The molecule has 0 bridgehead atoms. The number of hydrogen-bond donors (Lipinski definition) is 3. The van der Waals surface area contributed by atoms with Gasteiger partial charge in [-0.2, -0.15) is 0 Å². The summed E-state index contributed by atoms with van der Waals surface area (Å²) in [6.45, 7) is 0.243. The van der Waals surface area contributed by atoms with Crippen LogP contribution in [0.4, 0.5) is 5.69 Å². The molecule has 22 heavy (non-hydrogen) atoms. The van der Waals surface area contributed by atoms with Crippen LogP contribution in [0.5, 0.6) is 0 Å². The first kappa shape index (κ1) is 16.0. The van der Waals surface area contributed by atoms with E-state index in [1.165, 1.54) is 24.3 Å². The van der Waals surface area contributed by atoms with Crippen molar-refractivity contribution in [1.29, 1.82) is 0 Å². The number of nitrogens with two attached hydrogens (primary N) is 2. The second-order valence-electron chi connectivity index (χ2n) is 4.78. The van der Waals surface area contributed by atoms with E-state index in [2.05, 4.69) is 4.72 Å². The van der Waals surface area contributed by atoms with E-state index in [9.17, 15) is 13.2 Å². The Morgan fingerprint density at radius 2 is 1.77 bits per heavy atom. The summed E-state index contributed by atoms with van der Waals surface area (Å²) >= 11 is 0. The standard InChI is InChI=1S/C15H17N3O3S/c16-13-6-4-11(5-7-13)8-9-18-22(20,21)14-3-1-2-12(10-14)15(17)19/h1-7,10,18H,8-9,16H2,(H2,17,19). The maximum Gasteiger partial charge on any atom is 0.248 e. The number of sulfonamides is 1. The minimum absolute atomic E-state index is 0.0149. The fourth-order valence-electron chi connectivity index (χ4n) is 1.91. The van der Waals surface area contributed by atoms with Gasteiger partial charge in [0.2, 0.25) is 15.9 Å². The molecule has 0 radical (unpaired) electrons. The second kappa shape index (κ2) is 6.59. The predicted octanol–water partition coefficient (Wildman–Crippen LogP) is 0.889. The van der Waals surface area contributed by atoms with E-state index in [4.69, 9.17) is 11.5 Å². The molecule has 7 heteroatoms. The minimum atomic E-state index is -3.68. The molecule has 2 aromatic carbocycles. The molecule has 0 unspecified atom stereocenters. The van der Waals surface area contributed by atoms with Gasteiger partial charge in [-0.1, -0.05) is 18.2 Å². The SMILES string of the molecule is NC(=O)c1cccc(S(=O)(=O)NCCc2ccc(N)cc2)c1. The lowest BCUT2D eigenvalue weighted by molar-refractivity contribution is 0.1000. The average molecular weight is 319 g/mol. The summed E-state index contributed by atoms with van der Waals surface area (Å²) in [6, 6.07) is 12.8. The van der Waals surface area contributed by atoms with Crippen LogP contribution >= 0.6 is 0 Å². The second-order valence-corrected chi connectivity index (χ2v) is 6.55. The number of nitrogen functional groups attached to an aromatic ring is 1. The molecule has 116 valence electrons. The van der Waals surface area contributed by atoms with Crippen molar-refractivity contribution >= 4 is 21.6 Å². The third-order valence-corrected chi connectivity index (χ3v) is 4.57. The molecule has 0 spiro atoms. The van der Waals surface area contributed by atoms with Crippen LogP contribution in [0.15, 0.2) is 53.4 Å². The summed E-state index contributed by atoms with van der Waals surface area (Å²) in [5, 5.41) is 0. The lowest BCUT2D eigenvalue weighted by Gasteiger charge is -2.08. The highest BCUT2D eigenvalue weighted by molar-refractivity contribution is 7.89. The highest BCUT2D eigenvalue weighted by Crippen LogP contribution is 2.11. The predicted molar refractivity (Wildman–Crippen MR) is 84.7 cm³/mol. The van der Waals surface area contributed by atoms with Crippen LogP contribution in [0.25, 0.3) is 0 Å². The third kappa shape index (κ3) is 4.06. The third-order valence-electron chi connectivity index (χ3n) is 3.11. The van der Waals surface area contributed by atoms with Gasteiger partial charge in [-0.05, 0) is 42.3 Å². The van der Waals surface area contributed by atoms with E-state index in [1.54, 1.807) is 12.1 Å². The zero-order valence-electron chi connectivity index (χ0n) is 11.8. The maximum atomic E-state index is 12.2. The normalized spacial score (nSPS) is 11.3. The minimum Gasteiger partial charge on any atom is -0.399 e. The Bertz CT molecular complexity index is 771. The van der Waals surface area contributed by atoms with Crippen molar-refractivity contribution < 1.29 is 13.2 Å². The Labute approximate surface area is 129 Å². The molecule has 5 N–H and O–H groups in total. The van der Waals surface area contributed by atoms with Crippen molar-refractivity contribution in [1.82, 2.24) is 4.72 Å². The fraction of sp³-hybridized carbons (Fsp3) is 0.133. The van der Waals surface area contributed by atoms with Crippen LogP contribution < -0.4 is 16.2 Å². The number of anilines is 1. The van der Waals surface area contributed by atoms with Gasteiger partial charge in [0, 0.05) is 17.8 Å². The molecular formula is C15H17N3O3S. The van der Waals surface area contributed by atoms with E-state index < -0.39 is 15.9 Å². The Hall–Kier alpha value is -2.38. The molecule has 2 aromatic rings. The molecule has 1 amide bonds. The number of carbonyl (C=O) groups is 1. The molecule has 0 atom stereocenters. The average Bonchev–Trinajstić information content (AvgIpc) is 2.49. The lowest BCUT2D eigenvalue weighted by Crippen LogP contribution is -2.26. The topological polar surface area (TPSA) is 115 Å². The van der Waals surface area contributed by atoms with Crippen molar-refractivity contribution in [3.8, 4) is 0 Å². The van der Waals surface area contributed by atoms with Gasteiger partial charge in [0.25, 0.3) is 0 Å². The summed E-state index contributed by atoms with van der Waals surface area (Å²) in [4.78, 5) is 11.1. The molecule has 0 saturated heterocycles. The van der Waals surface area contributed by atoms with Crippen molar-refractivity contribution in [2.45, 2.75) is 11.3 Å². The van der Waals surface area contributed by atoms with E-state index in [0.29, 0.717) is 12.1 Å². The number of carbonyl (C=O) groups excluding carboxylic acids is 1. The van der Waals surface area contributed by atoms with Gasteiger partial charge in [-0.3, -0.25) is 4.79 Å². The number of rotatable bonds is 6. The number of benzene rings is 2. The molecule has 0 aliphatic carbocycles. The quantitative estimate of drug-likeness (QED) is 0.686. The fourth-order valence-corrected chi connectivity index (χ4v) is 2.99. The summed E-state index contributed by atoms with van der Waals surface area (Å²) < 4.78 is 26.8. The van der Waals surface area contributed by atoms with Gasteiger partial charge in [0.15, 0.2) is 0 Å². The van der Waals surface area contributed by atoms with Gasteiger partial charge < -0.3 is 11.5 Å². The van der Waals surface area contributed by atoms with Gasteiger partial charge in [-0.15, -0.1) is 0 Å². The Kier molecular flexibility index (Phi) is 4.79. The van der Waals surface area contributed by atoms with E-state index >= 15 is 0 Å². The molecule has 2 rings (SSSR count). The van der Waals surface area contributed by atoms with E-state index in [1.807, 2.05) is 12.1 Å². The summed E-state index contributed by atoms with van der Waals surface area (Å²) in [5.74, 6) is -0.668. The van der Waals surface area contributed by atoms with Crippen LogP contribution in [-0.2, 0) is 16.4 Å². The summed E-state index contributed by atoms with van der Waals surface area (Å²) in [6.07, 6.45) is 0.537. The summed E-state index contributed by atoms with van der Waals surface area (Å²) in [7, 11) is -3.68. The Morgan fingerprint density at radius 3 is 2.41 bits per heavy atom. The Morgan fingerprint density at radius 1 is 1.09 bits per heavy atom. The summed E-state index contributed by atoms with van der Waals surface area (Å²) in [5.41, 5.74) is 12.5. The van der Waals surface area contributed by atoms with Gasteiger partial charge in [0.05, 0.1) is 4.90 Å². The van der Waals surface area contributed by atoms with E-state index in [0.717, 1.165) is 5.56 Å². The van der Waals surface area contributed by atoms with E-state index in [-0.39, 0.29) is 17.0 Å². The number of hydrogen-bond acceptors (Lipinski definition) is 4. The molecule has 0 saturated carbocycles. The lowest BCUT2D eigenvalue weighted by atomic mass is 10.1. The first-order valence-electron chi connectivity index (χ1n) is 6.62. The van der Waals surface area contributed by atoms with Crippen molar-refractivity contribution in [2.24, 2.45) is 5.73 Å². The van der Waals surface area contributed by atoms with Crippen LogP contribution in [0.2, 0.25) is 0 Å². The van der Waals surface area contributed by atoms with Crippen molar-refractivity contribution in [2.75, 3.05) is 12.3 Å². The van der Waals surface area contributed by atoms with Crippen LogP contribution in [0, 0.1) is 0 Å². The highest BCUT2D eigenvalue weighted by atomic mass is 32.2. The number of amides is 1. The molecule has 6 nitrogen and oxygen atoms in total. The Balaban J connectivity index is 2.03. The van der Waals surface area contributed by atoms with Crippen LogP contribution in [0.3, 0.4) is 0 Å². The first-order valence-corrected chi connectivity index (χ1v) is 8.11. The highest BCUT2D eigenvalue weighted by Gasteiger charge is 2.14. The smallest absolute Gasteiger partial charge is 0.248 e. The molecule has 0 fully saturated rings. The largest absolute Gasteiger partial charge is 0.399 e. The zero-order valence-corrected chi connectivity index (χ0v) is 12.6. The van der Waals surface area contributed by atoms with Gasteiger partial charge in [-0.25, -0.2) is 13.1 Å². The molecule has 0 aliphatic heterocycles. The number of primary amides is 1. The zero-order chi connectivity index (χ0) is 16.2. The van der Waals surface area contributed by atoms with Crippen LogP contribution in [-0.4, -0.2) is 20.9 Å². The van der Waals surface area contributed by atoms with Crippen molar-refractivity contribution in [3.63, 3.8) is 0 Å². The molecular weight excluding hydrogens is 302 g/mol. The van der Waals surface area contributed by atoms with Gasteiger partial charge in [0.1, 0.15) is 0 Å². The molecule has 0 heterocycles. The maximum absolute atomic E-state index is 12.2. The number of nitrogens with one attached hydrogen (secondary N) is 1. The van der Waals surface area contributed by atoms with Gasteiger partial charge >= 0.3 is 0 Å². The van der Waals surface area contributed by atoms with Crippen LogP contribution in [0.1, 0.15) is 15.9 Å². The van der Waals surface area contributed by atoms with Crippen molar-refractivity contribution in [3.05, 3.63) is 59.7 Å². The first-order chi connectivity index (χ1) is 10.4.